The SMILES string of the molecule is CNCCC1CCN(C(=O)COc2cc(Cl)ccc2Cl)CC1.Cl. The fourth-order valence-corrected chi connectivity index (χ4v) is 2.97. The number of carbonyl (C=O) groups excluding carboxylic acids is 1. The Morgan fingerprint density at radius 3 is 2.70 bits per heavy atom. The highest BCUT2D eigenvalue weighted by molar-refractivity contribution is 6.34. The highest BCUT2D eigenvalue weighted by atomic mass is 35.5. The van der Waals surface area contributed by atoms with Crippen LogP contribution in [0.4, 0.5) is 0 Å². The number of hydrogen-bond acceptors (Lipinski definition) is 3. The summed E-state index contributed by atoms with van der Waals surface area (Å²) in [6, 6.07) is 4.98. The number of ether oxygens (including phenoxy) is 1. The third kappa shape index (κ3) is 6.38. The van der Waals surface area contributed by atoms with Gasteiger partial charge in [-0.1, -0.05) is 23.2 Å². The predicted octanol–water partition coefficient (Wildman–Crippen LogP) is 3.64. The molecular weight excluding hydrogens is 359 g/mol. The van der Waals surface area contributed by atoms with Crippen LogP contribution in [-0.4, -0.2) is 44.1 Å². The Kier molecular flexibility index (Phi) is 9.07. The molecule has 0 saturated carbocycles. The lowest BCUT2D eigenvalue weighted by Crippen LogP contribution is -2.41. The Bertz CT molecular complexity index is 506. The van der Waals surface area contributed by atoms with Crippen molar-refractivity contribution in [3.05, 3.63) is 28.2 Å². The molecule has 1 amide bonds. The van der Waals surface area contributed by atoms with E-state index in [1.165, 1.54) is 6.42 Å². The molecule has 0 spiro atoms. The van der Waals surface area contributed by atoms with Gasteiger partial charge in [-0.05, 0) is 50.9 Å². The predicted molar refractivity (Wildman–Crippen MR) is 97.1 cm³/mol. The molecule has 1 heterocycles. The molecule has 0 radical (unpaired) electrons. The molecule has 0 atom stereocenters. The quantitative estimate of drug-likeness (QED) is 0.818. The summed E-state index contributed by atoms with van der Waals surface area (Å²) in [5, 5.41) is 4.17. The third-order valence-electron chi connectivity index (χ3n) is 4.01. The number of piperidine rings is 1. The zero-order valence-corrected chi connectivity index (χ0v) is 15.5. The molecule has 0 aromatic heterocycles. The van der Waals surface area contributed by atoms with Crippen LogP contribution in [-0.2, 0) is 4.79 Å². The van der Waals surface area contributed by atoms with Gasteiger partial charge in [-0.3, -0.25) is 4.79 Å². The van der Waals surface area contributed by atoms with E-state index >= 15 is 0 Å². The first-order chi connectivity index (χ1) is 10.6. The molecule has 1 aromatic rings. The normalized spacial score (nSPS) is 15.2. The van der Waals surface area contributed by atoms with Crippen molar-refractivity contribution < 1.29 is 9.53 Å². The van der Waals surface area contributed by atoms with Gasteiger partial charge < -0.3 is 15.0 Å². The highest BCUT2D eigenvalue weighted by Gasteiger charge is 2.22. The third-order valence-corrected chi connectivity index (χ3v) is 4.56. The number of hydrogen-bond donors (Lipinski definition) is 1. The van der Waals surface area contributed by atoms with Gasteiger partial charge in [0.15, 0.2) is 6.61 Å². The average molecular weight is 382 g/mol. The topological polar surface area (TPSA) is 41.6 Å². The Balaban J connectivity index is 0.00000264. The fraction of sp³-hybridized carbons (Fsp3) is 0.562. The molecule has 1 saturated heterocycles. The molecule has 4 nitrogen and oxygen atoms in total. The second-order valence-corrected chi connectivity index (χ2v) is 6.42. The van der Waals surface area contributed by atoms with Crippen molar-refractivity contribution in [2.24, 2.45) is 5.92 Å². The largest absolute Gasteiger partial charge is 0.482 e. The first kappa shape index (κ1) is 20.4. The van der Waals surface area contributed by atoms with Crippen LogP contribution in [0.1, 0.15) is 19.3 Å². The number of amides is 1. The summed E-state index contributed by atoms with van der Waals surface area (Å²) in [4.78, 5) is 14.1. The standard InChI is InChI=1S/C16H22Cl2N2O2.ClH/c1-19-7-4-12-5-8-20(9-6-12)16(21)11-22-15-10-13(17)2-3-14(15)18;/h2-3,10,12,19H,4-9,11H2,1H3;1H. The minimum atomic E-state index is 0. The lowest BCUT2D eigenvalue weighted by molar-refractivity contribution is -0.134. The summed E-state index contributed by atoms with van der Waals surface area (Å²) in [6.45, 7) is 2.65. The minimum Gasteiger partial charge on any atom is -0.482 e. The number of likely N-dealkylation sites (tertiary alicyclic amines) is 1. The first-order valence-electron chi connectivity index (χ1n) is 7.60. The number of halogens is 3. The van der Waals surface area contributed by atoms with Crippen molar-refractivity contribution in [3.8, 4) is 5.75 Å². The molecular formula is C16H23Cl3N2O2. The van der Waals surface area contributed by atoms with Crippen LogP contribution in [0.2, 0.25) is 10.0 Å². The van der Waals surface area contributed by atoms with Gasteiger partial charge in [0.2, 0.25) is 0 Å². The lowest BCUT2D eigenvalue weighted by atomic mass is 9.93. The number of carbonyl (C=O) groups is 1. The summed E-state index contributed by atoms with van der Waals surface area (Å²) in [5.74, 6) is 1.16. The molecule has 0 aliphatic carbocycles. The molecule has 23 heavy (non-hydrogen) atoms. The summed E-state index contributed by atoms with van der Waals surface area (Å²) in [7, 11) is 1.97. The van der Waals surface area contributed by atoms with Gasteiger partial charge in [0.05, 0.1) is 5.02 Å². The summed E-state index contributed by atoms with van der Waals surface area (Å²) in [5.41, 5.74) is 0. The van der Waals surface area contributed by atoms with Crippen molar-refractivity contribution >= 4 is 41.5 Å². The van der Waals surface area contributed by atoms with Gasteiger partial charge in [0.1, 0.15) is 5.75 Å². The number of nitrogens with zero attached hydrogens (tertiary/aromatic N) is 1. The van der Waals surface area contributed by atoms with Crippen molar-refractivity contribution in [2.75, 3.05) is 33.3 Å². The Labute approximate surface area is 153 Å². The van der Waals surface area contributed by atoms with Crippen LogP contribution in [0, 0.1) is 5.92 Å². The van der Waals surface area contributed by atoms with E-state index in [-0.39, 0.29) is 24.9 Å². The van der Waals surface area contributed by atoms with Crippen LogP contribution < -0.4 is 10.1 Å². The Hall–Kier alpha value is -0.680. The van der Waals surface area contributed by atoms with E-state index in [9.17, 15) is 4.79 Å². The molecule has 0 unspecified atom stereocenters. The number of benzene rings is 1. The molecule has 1 fully saturated rings. The monoisotopic (exact) mass is 380 g/mol. The zero-order valence-electron chi connectivity index (χ0n) is 13.2. The van der Waals surface area contributed by atoms with Crippen molar-refractivity contribution in [2.45, 2.75) is 19.3 Å². The van der Waals surface area contributed by atoms with E-state index in [2.05, 4.69) is 5.32 Å². The molecule has 1 N–H and O–H groups in total. The van der Waals surface area contributed by atoms with E-state index < -0.39 is 0 Å². The molecule has 0 bridgehead atoms. The second kappa shape index (κ2) is 10.2. The van der Waals surface area contributed by atoms with Gasteiger partial charge in [0, 0.05) is 24.2 Å². The van der Waals surface area contributed by atoms with Gasteiger partial charge >= 0.3 is 0 Å². The molecule has 7 heteroatoms. The summed E-state index contributed by atoms with van der Waals surface area (Å²) in [6.07, 6.45) is 3.30. The average Bonchev–Trinajstić information content (AvgIpc) is 2.54. The Morgan fingerprint density at radius 2 is 2.04 bits per heavy atom. The van der Waals surface area contributed by atoms with Crippen LogP contribution >= 0.6 is 35.6 Å². The highest BCUT2D eigenvalue weighted by Crippen LogP contribution is 2.28. The second-order valence-electron chi connectivity index (χ2n) is 5.58. The first-order valence-corrected chi connectivity index (χ1v) is 8.36. The maximum absolute atomic E-state index is 12.2. The van der Waals surface area contributed by atoms with E-state index in [4.69, 9.17) is 27.9 Å². The van der Waals surface area contributed by atoms with Crippen molar-refractivity contribution in [1.29, 1.82) is 0 Å². The molecule has 2 rings (SSSR count). The van der Waals surface area contributed by atoms with Crippen molar-refractivity contribution in [1.82, 2.24) is 10.2 Å². The smallest absolute Gasteiger partial charge is 0.260 e. The zero-order chi connectivity index (χ0) is 15.9. The van der Waals surface area contributed by atoms with Crippen LogP contribution in [0.25, 0.3) is 0 Å². The van der Waals surface area contributed by atoms with Crippen LogP contribution in [0.15, 0.2) is 18.2 Å². The molecule has 1 aliphatic heterocycles. The summed E-state index contributed by atoms with van der Waals surface area (Å²) < 4.78 is 5.51. The van der Waals surface area contributed by atoms with Gasteiger partial charge in [-0.15, -0.1) is 12.4 Å². The van der Waals surface area contributed by atoms with Crippen LogP contribution in [0.5, 0.6) is 5.75 Å². The van der Waals surface area contributed by atoms with E-state index in [0.717, 1.165) is 32.5 Å². The van der Waals surface area contributed by atoms with Crippen LogP contribution in [0.3, 0.4) is 0 Å². The summed E-state index contributed by atoms with van der Waals surface area (Å²) >= 11 is 11.9. The Morgan fingerprint density at radius 1 is 1.35 bits per heavy atom. The number of rotatable bonds is 6. The van der Waals surface area contributed by atoms with E-state index in [1.54, 1.807) is 18.2 Å². The van der Waals surface area contributed by atoms with Crippen molar-refractivity contribution in [3.63, 3.8) is 0 Å². The fourth-order valence-electron chi connectivity index (χ4n) is 2.64. The number of nitrogens with one attached hydrogen (secondary N) is 1. The minimum absolute atomic E-state index is 0. The van der Waals surface area contributed by atoms with E-state index in [0.29, 0.717) is 21.7 Å². The van der Waals surface area contributed by atoms with Gasteiger partial charge in [-0.25, -0.2) is 0 Å². The molecule has 1 aromatic carbocycles. The van der Waals surface area contributed by atoms with Gasteiger partial charge in [0.25, 0.3) is 5.91 Å². The lowest BCUT2D eigenvalue weighted by Gasteiger charge is -2.32. The maximum Gasteiger partial charge on any atom is 0.260 e. The van der Waals surface area contributed by atoms with E-state index in [1.807, 2.05) is 11.9 Å². The van der Waals surface area contributed by atoms with Gasteiger partial charge in [-0.2, -0.15) is 0 Å². The molecule has 1 aliphatic rings. The maximum atomic E-state index is 12.2. The molecule has 130 valence electrons.